The van der Waals surface area contributed by atoms with E-state index in [0.29, 0.717) is 23.9 Å². The Bertz CT molecular complexity index is 1120. The zero-order valence-electron chi connectivity index (χ0n) is 17.5. The second kappa shape index (κ2) is 8.39. The molecule has 1 saturated heterocycles. The third-order valence-corrected chi connectivity index (χ3v) is 6.74. The van der Waals surface area contributed by atoms with Gasteiger partial charge in [-0.2, -0.15) is 0 Å². The Hall–Kier alpha value is -3.19. The van der Waals surface area contributed by atoms with Crippen molar-refractivity contribution in [3.63, 3.8) is 0 Å². The van der Waals surface area contributed by atoms with Crippen LogP contribution in [0.2, 0.25) is 5.02 Å². The Morgan fingerprint density at radius 2 is 1.78 bits per heavy atom. The van der Waals surface area contributed by atoms with Gasteiger partial charge in [-0.15, -0.1) is 5.10 Å². The number of aromatic nitrogens is 2. The molecule has 2 aromatic carbocycles. The second-order valence-corrected chi connectivity index (χ2v) is 8.87. The number of carbonyl (C=O) groups is 2. The van der Waals surface area contributed by atoms with Crippen molar-refractivity contribution in [2.45, 2.75) is 43.4 Å². The maximum absolute atomic E-state index is 13.3. The molecule has 0 bridgehead atoms. The normalized spacial score (nSPS) is 20.0. The summed E-state index contributed by atoms with van der Waals surface area (Å²) in [6.07, 6.45) is 3.75. The molecule has 1 aliphatic heterocycles. The van der Waals surface area contributed by atoms with E-state index in [2.05, 4.69) is 15.5 Å². The summed E-state index contributed by atoms with van der Waals surface area (Å²) in [4.78, 5) is 27.5. The summed E-state index contributed by atoms with van der Waals surface area (Å²) in [5.74, 6) is 0.00942. The highest BCUT2D eigenvalue weighted by Gasteiger charge is 2.43. The summed E-state index contributed by atoms with van der Waals surface area (Å²) in [5.41, 5.74) is 1.16. The Morgan fingerprint density at radius 1 is 1.06 bits per heavy atom. The van der Waals surface area contributed by atoms with E-state index in [1.54, 1.807) is 4.90 Å². The molecule has 2 aliphatic rings. The standard InChI is InChI=1S/C24H23ClN4O3/c25-18-10-8-17(9-11-18)24(12-4-5-13-24)22(31)26-23-28-27-21(32-23)16-14-20(30)29(15-16)19-6-2-1-3-7-19/h1-3,6-11,16H,4-5,12-15H2,(H,26,28,31). The van der Waals surface area contributed by atoms with Gasteiger partial charge in [0.2, 0.25) is 17.7 Å². The van der Waals surface area contributed by atoms with Crippen molar-refractivity contribution in [3.05, 3.63) is 71.1 Å². The lowest BCUT2D eigenvalue weighted by molar-refractivity contribution is -0.121. The van der Waals surface area contributed by atoms with Gasteiger partial charge in [-0.25, -0.2) is 0 Å². The minimum absolute atomic E-state index is 0.0117. The van der Waals surface area contributed by atoms with Crippen LogP contribution in [-0.4, -0.2) is 28.6 Å². The lowest BCUT2D eigenvalue weighted by atomic mass is 9.78. The molecule has 2 amide bonds. The van der Waals surface area contributed by atoms with E-state index in [-0.39, 0.29) is 23.7 Å². The van der Waals surface area contributed by atoms with Crippen LogP contribution in [0.1, 0.15) is 49.5 Å². The fourth-order valence-electron chi connectivity index (χ4n) is 4.79. The molecule has 1 atom stereocenters. The Kier molecular flexibility index (Phi) is 5.43. The smallest absolute Gasteiger partial charge is 0.322 e. The maximum atomic E-state index is 13.3. The molecule has 1 aliphatic carbocycles. The number of carbonyl (C=O) groups excluding carboxylic acids is 2. The largest absolute Gasteiger partial charge is 0.407 e. The minimum atomic E-state index is -0.632. The molecule has 2 heterocycles. The summed E-state index contributed by atoms with van der Waals surface area (Å²) < 4.78 is 5.78. The molecule has 5 rings (SSSR count). The summed E-state index contributed by atoms with van der Waals surface area (Å²) in [6, 6.07) is 17.0. The van der Waals surface area contributed by atoms with Crippen LogP contribution < -0.4 is 10.2 Å². The molecule has 0 radical (unpaired) electrons. The molecule has 164 valence electrons. The third kappa shape index (κ3) is 3.77. The van der Waals surface area contributed by atoms with Gasteiger partial charge in [0.15, 0.2) is 0 Å². The molecular weight excluding hydrogens is 428 g/mol. The molecule has 1 unspecified atom stereocenters. The van der Waals surface area contributed by atoms with Gasteiger partial charge in [0.25, 0.3) is 0 Å². The predicted molar refractivity (Wildman–Crippen MR) is 121 cm³/mol. The van der Waals surface area contributed by atoms with Crippen LogP contribution in [0, 0.1) is 0 Å². The van der Waals surface area contributed by atoms with Crippen LogP contribution in [0.3, 0.4) is 0 Å². The summed E-state index contributed by atoms with van der Waals surface area (Å²) in [6.45, 7) is 0.465. The molecule has 1 aromatic heterocycles. The van der Waals surface area contributed by atoms with Crippen molar-refractivity contribution < 1.29 is 14.0 Å². The van der Waals surface area contributed by atoms with E-state index < -0.39 is 5.41 Å². The lowest BCUT2D eigenvalue weighted by Gasteiger charge is -2.27. The molecule has 8 heteroatoms. The molecule has 1 N–H and O–H groups in total. The Labute approximate surface area is 190 Å². The van der Waals surface area contributed by atoms with Crippen LogP contribution in [0.4, 0.5) is 11.7 Å². The number of halogens is 1. The van der Waals surface area contributed by atoms with Crippen LogP contribution >= 0.6 is 11.6 Å². The van der Waals surface area contributed by atoms with Gasteiger partial charge >= 0.3 is 6.01 Å². The van der Waals surface area contributed by atoms with Crippen molar-refractivity contribution in [1.29, 1.82) is 0 Å². The molecule has 3 aromatic rings. The van der Waals surface area contributed by atoms with Gasteiger partial charge in [-0.05, 0) is 42.7 Å². The van der Waals surface area contributed by atoms with Crippen molar-refractivity contribution in [1.82, 2.24) is 10.2 Å². The lowest BCUT2D eigenvalue weighted by Crippen LogP contribution is -2.38. The van der Waals surface area contributed by atoms with E-state index in [0.717, 1.165) is 36.9 Å². The second-order valence-electron chi connectivity index (χ2n) is 8.44. The van der Waals surface area contributed by atoms with Crippen molar-refractivity contribution in [2.24, 2.45) is 0 Å². The number of anilines is 2. The first-order chi connectivity index (χ1) is 15.5. The van der Waals surface area contributed by atoms with Crippen molar-refractivity contribution >= 4 is 35.1 Å². The number of hydrogen-bond donors (Lipinski definition) is 1. The fraction of sp³-hybridized carbons (Fsp3) is 0.333. The average Bonchev–Trinajstić information content (AvgIpc) is 3.55. The first-order valence-corrected chi connectivity index (χ1v) is 11.2. The number of hydrogen-bond acceptors (Lipinski definition) is 5. The molecule has 7 nitrogen and oxygen atoms in total. The summed E-state index contributed by atoms with van der Waals surface area (Å²) >= 11 is 6.04. The van der Waals surface area contributed by atoms with E-state index >= 15 is 0 Å². The van der Waals surface area contributed by atoms with E-state index in [1.165, 1.54) is 0 Å². The zero-order chi connectivity index (χ0) is 22.1. The molecule has 32 heavy (non-hydrogen) atoms. The summed E-state index contributed by atoms with van der Waals surface area (Å²) in [7, 11) is 0. The topological polar surface area (TPSA) is 88.3 Å². The highest BCUT2D eigenvalue weighted by Crippen LogP contribution is 2.42. The monoisotopic (exact) mass is 450 g/mol. The first kappa shape index (κ1) is 20.7. The van der Waals surface area contributed by atoms with Gasteiger partial charge in [0, 0.05) is 23.7 Å². The van der Waals surface area contributed by atoms with Gasteiger partial charge in [-0.1, -0.05) is 59.9 Å². The molecular formula is C24H23ClN4O3. The van der Waals surface area contributed by atoms with Crippen LogP contribution in [0.25, 0.3) is 0 Å². The van der Waals surface area contributed by atoms with Crippen LogP contribution in [-0.2, 0) is 15.0 Å². The predicted octanol–water partition coefficient (Wildman–Crippen LogP) is 4.69. The van der Waals surface area contributed by atoms with Crippen LogP contribution in [0.15, 0.2) is 59.0 Å². The average molecular weight is 451 g/mol. The van der Waals surface area contributed by atoms with E-state index in [1.807, 2.05) is 54.6 Å². The SMILES string of the molecule is O=C1CC(c2nnc(NC(=O)C3(c4ccc(Cl)cc4)CCCC3)o2)CN1c1ccccc1. The Balaban J connectivity index is 1.31. The van der Waals surface area contributed by atoms with Gasteiger partial charge < -0.3 is 9.32 Å². The first-order valence-electron chi connectivity index (χ1n) is 10.8. The Morgan fingerprint density at radius 3 is 2.50 bits per heavy atom. The quantitative estimate of drug-likeness (QED) is 0.609. The van der Waals surface area contributed by atoms with E-state index in [4.69, 9.17) is 16.0 Å². The fourth-order valence-corrected chi connectivity index (χ4v) is 4.92. The third-order valence-electron chi connectivity index (χ3n) is 6.49. The van der Waals surface area contributed by atoms with Gasteiger partial charge in [-0.3, -0.25) is 14.9 Å². The van der Waals surface area contributed by atoms with Crippen LogP contribution in [0.5, 0.6) is 0 Å². The van der Waals surface area contributed by atoms with Gasteiger partial charge in [0.1, 0.15) is 0 Å². The maximum Gasteiger partial charge on any atom is 0.322 e. The summed E-state index contributed by atoms with van der Waals surface area (Å²) in [5, 5.41) is 11.6. The van der Waals surface area contributed by atoms with E-state index in [9.17, 15) is 9.59 Å². The highest BCUT2D eigenvalue weighted by atomic mass is 35.5. The molecule has 2 fully saturated rings. The number of amides is 2. The zero-order valence-corrected chi connectivity index (χ0v) is 18.2. The molecule has 0 spiro atoms. The number of para-hydroxylation sites is 1. The number of nitrogens with one attached hydrogen (secondary N) is 1. The molecule has 1 saturated carbocycles. The van der Waals surface area contributed by atoms with Gasteiger partial charge in [0.05, 0.1) is 11.3 Å². The minimum Gasteiger partial charge on any atom is -0.407 e. The number of benzene rings is 2. The number of rotatable bonds is 5. The number of nitrogens with zero attached hydrogens (tertiary/aromatic N) is 3. The van der Waals surface area contributed by atoms with Crippen molar-refractivity contribution in [2.75, 3.05) is 16.8 Å². The highest BCUT2D eigenvalue weighted by molar-refractivity contribution is 6.30. The van der Waals surface area contributed by atoms with Crippen molar-refractivity contribution in [3.8, 4) is 0 Å².